The van der Waals surface area contributed by atoms with Gasteiger partial charge in [0.25, 0.3) is 0 Å². The molecule has 90 valence electrons. The lowest BCUT2D eigenvalue weighted by Gasteiger charge is -2.05. The SMILES string of the molecule is Cc1nc(Nc2ccc3ccccc3c2)c(N)[nH]1. The number of anilines is 3. The van der Waals surface area contributed by atoms with Gasteiger partial charge in [0.1, 0.15) is 11.6 Å². The van der Waals surface area contributed by atoms with E-state index in [4.69, 9.17) is 5.73 Å². The van der Waals surface area contributed by atoms with Gasteiger partial charge >= 0.3 is 0 Å². The first-order chi connectivity index (χ1) is 8.72. The standard InChI is InChI=1S/C14H14N4/c1-9-16-13(15)14(17-9)18-12-7-6-10-4-2-3-5-11(10)8-12/h2-8,18H,15H2,1H3,(H,16,17). The fraction of sp³-hybridized carbons (Fsp3) is 0.0714. The summed E-state index contributed by atoms with van der Waals surface area (Å²) in [7, 11) is 0. The minimum absolute atomic E-state index is 0.556. The Balaban J connectivity index is 1.97. The molecule has 1 aromatic heterocycles. The first-order valence-electron chi connectivity index (χ1n) is 5.80. The van der Waals surface area contributed by atoms with E-state index < -0.39 is 0 Å². The van der Waals surface area contributed by atoms with Gasteiger partial charge in [0.2, 0.25) is 0 Å². The van der Waals surface area contributed by atoms with E-state index in [1.165, 1.54) is 10.8 Å². The first kappa shape index (κ1) is 10.7. The highest BCUT2D eigenvalue weighted by molar-refractivity contribution is 5.86. The molecule has 0 atom stereocenters. The number of hydrogen-bond donors (Lipinski definition) is 3. The third kappa shape index (κ3) is 1.88. The third-order valence-electron chi connectivity index (χ3n) is 2.86. The maximum Gasteiger partial charge on any atom is 0.173 e. The van der Waals surface area contributed by atoms with Crippen molar-refractivity contribution in [2.75, 3.05) is 11.1 Å². The molecule has 4 N–H and O–H groups in total. The van der Waals surface area contributed by atoms with E-state index in [0.29, 0.717) is 11.6 Å². The topological polar surface area (TPSA) is 66.7 Å². The average molecular weight is 238 g/mol. The summed E-state index contributed by atoms with van der Waals surface area (Å²) in [6.45, 7) is 1.88. The highest BCUT2D eigenvalue weighted by atomic mass is 15.1. The largest absolute Gasteiger partial charge is 0.382 e. The first-order valence-corrected chi connectivity index (χ1v) is 5.80. The Labute approximate surface area is 105 Å². The van der Waals surface area contributed by atoms with Crippen LogP contribution in [-0.2, 0) is 0 Å². The predicted molar refractivity (Wildman–Crippen MR) is 75.0 cm³/mol. The monoisotopic (exact) mass is 238 g/mol. The number of aryl methyl sites for hydroxylation is 1. The molecule has 0 saturated heterocycles. The number of hydrogen-bond acceptors (Lipinski definition) is 3. The van der Waals surface area contributed by atoms with Gasteiger partial charge in [0.15, 0.2) is 5.82 Å². The van der Waals surface area contributed by atoms with Crippen LogP contribution in [0.5, 0.6) is 0 Å². The van der Waals surface area contributed by atoms with Crippen molar-refractivity contribution in [3.05, 3.63) is 48.3 Å². The lowest BCUT2D eigenvalue weighted by Crippen LogP contribution is -1.95. The van der Waals surface area contributed by atoms with E-state index in [1.54, 1.807) is 0 Å². The quantitative estimate of drug-likeness (QED) is 0.642. The van der Waals surface area contributed by atoms with Crippen LogP contribution in [0, 0.1) is 6.92 Å². The summed E-state index contributed by atoms with van der Waals surface area (Å²) in [6, 6.07) is 14.4. The molecule has 0 aliphatic carbocycles. The zero-order chi connectivity index (χ0) is 12.5. The number of nitrogen functional groups attached to an aromatic ring is 1. The molecular formula is C14H14N4. The number of nitrogens with one attached hydrogen (secondary N) is 2. The second-order valence-electron chi connectivity index (χ2n) is 4.27. The minimum atomic E-state index is 0.556. The van der Waals surface area contributed by atoms with Gasteiger partial charge in [-0.1, -0.05) is 30.3 Å². The molecule has 0 unspecified atom stereocenters. The second kappa shape index (κ2) is 4.07. The smallest absolute Gasteiger partial charge is 0.173 e. The number of rotatable bonds is 2. The van der Waals surface area contributed by atoms with E-state index in [2.05, 4.69) is 39.6 Å². The Bertz CT molecular complexity index is 700. The molecule has 18 heavy (non-hydrogen) atoms. The van der Waals surface area contributed by atoms with Crippen LogP contribution in [0.4, 0.5) is 17.3 Å². The van der Waals surface area contributed by atoms with Gasteiger partial charge in [-0.15, -0.1) is 0 Å². The molecule has 3 aromatic rings. The second-order valence-corrected chi connectivity index (χ2v) is 4.27. The van der Waals surface area contributed by atoms with Crippen molar-refractivity contribution in [3.8, 4) is 0 Å². The zero-order valence-corrected chi connectivity index (χ0v) is 10.1. The molecule has 0 bridgehead atoms. The average Bonchev–Trinajstić information content (AvgIpc) is 2.68. The summed E-state index contributed by atoms with van der Waals surface area (Å²) in [5.74, 6) is 2.03. The van der Waals surface area contributed by atoms with Gasteiger partial charge in [-0.05, 0) is 29.8 Å². The van der Waals surface area contributed by atoms with Crippen LogP contribution in [0.2, 0.25) is 0 Å². The van der Waals surface area contributed by atoms with E-state index in [1.807, 2.05) is 25.1 Å². The van der Waals surface area contributed by atoms with Crippen LogP contribution in [0.25, 0.3) is 10.8 Å². The number of nitrogens with two attached hydrogens (primary N) is 1. The Hall–Kier alpha value is -2.49. The predicted octanol–water partition coefficient (Wildman–Crippen LogP) is 3.20. The molecule has 1 heterocycles. The summed E-state index contributed by atoms with van der Waals surface area (Å²) in [4.78, 5) is 7.26. The van der Waals surface area contributed by atoms with Gasteiger partial charge in [-0.2, -0.15) is 0 Å². The Kier molecular flexibility index (Phi) is 2.41. The van der Waals surface area contributed by atoms with Crippen LogP contribution in [0.15, 0.2) is 42.5 Å². The van der Waals surface area contributed by atoms with Gasteiger partial charge < -0.3 is 16.0 Å². The Morgan fingerprint density at radius 2 is 1.89 bits per heavy atom. The number of aromatic nitrogens is 2. The van der Waals surface area contributed by atoms with Crippen LogP contribution < -0.4 is 11.1 Å². The van der Waals surface area contributed by atoms with Gasteiger partial charge in [-0.3, -0.25) is 0 Å². The molecule has 3 rings (SSSR count). The maximum absolute atomic E-state index is 5.82. The van der Waals surface area contributed by atoms with Crippen LogP contribution >= 0.6 is 0 Å². The number of H-pyrrole nitrogens is 1. The van der Waals surface area contributed by atoms with Crippen LogP contribution in [0.1, 0.15) is 5.82 Å². The van der Waals surface area contributed by atoms with Crippen LogP contribution in [-0.4, -0.2) is 9.97 Å². The molecule has 0 radical (unpaired) electrons. The number of aromatic amines is 1. The highest BCUT2D eigenvalue weighted by Gasteiger charge is 2.05. The lowest BCUT2D eigenvalue weighted by molar-refractivity contribution is 1.15. The van der Waals surface area contributed by atoms with Crippen molar-refractivity contribution in [1.82, 2.24) is 9.97 Å². The molecule has 0 amide bonds. The molecule has 0 spiro atoms. The summed E-state index contributed by atoms with van der Waals surface area (Å²) < 4.78 is 0. The molecule has 4 heteroatoms. The molecule has 0 aliphatic heterocycles. The molecule has 4 nitrogen and oxygen atoms in total. The molecule has 2 aromatic carbocycles. The van der Waals surface area contributed by atoms with Crippen molar-refractivity contribution in [3.63, 3.8) is 0 Å². The van der Waals surface area contributed by atoms with E-state index in [0.717, 1.165) is 11.5 Å². The molecular weight excluding hydrogens is 224 g/mol. The number of benzene rings is 2. The minimum Gasteiger partial charge on any atom is -0.382 e. The van der Waals surface area contributed by atoms with Gasteiger partial charge in [0.05, 0.1) is 0 Å². The maximum atomic E-state index is 5.82. The van der Waals surface area contributed by atoms with Crippen LogP contribution in [0.3, 0.4) is 0 Å². The molecule has 0 saturated carbocycles. The summed E-state index contributed by atoms with van der Waals surface area (Å²) in [6.07, 6.45) is 0. The van der Waals surface area contributed by atoms with Crippen molar-refractivity contribution in [1.29, 1.82) is 0 Å². The Morgan fingerprint density at radius 1 is 1.11 bits per heavy atom. The van der Waals surface area contributed by atoms with Crippen molar-refractivity contribution in [2.24, 2.45) is 0 Å². The molecule has 0 fully saturated rings. The fourth-order valence-corrected chi connectivity index (χ4v) is 2.01. The van der Waals surface area contributed by atoms with Gasteiger partial charge in [-0.25, -0.2) is 4.98 Å². The van der Waals surface area contributed by atoms with Gasteiger partial charge in [0, 0.05) is 5.69 Å². The van der Waals surface area contributed by atoms with E-state index in [-0.39, 0.29) is 0 Å². The number of imidazole rings is 1. The van der Waals surface area contributed by atoms with Crippen molar-refractivity contribution in [2.45, 2.75) is 6.92 Å². The lowest BCUT2D eigenvalue weighted by atomic mass is 10.1. The summed E-state index contributed by atoms with van der Waals surface area (Å²) in [5, 5.41) is 5.62. The summed E-state index contributed by atoms with van der Waals surface area (Å²) >= 11 is 0. The molecule has 0 aliphatic rings. The number of fused-ring (bicyclic) bond motifs is 1. The summed E-state index contributed by atoms with van der Waals surface area (Å²) in [5.41, 5.74) is 6.80. The van der Waals surface area contributed by atoms with E-state index in [9.17, 15) is 0 Å². The van der Waals surface area contributed by atoms with Crippen molar-refractivity contribution < 1.29 is 0 Å². The zero-order valence-electron chi connectivity index (χ0n) is 10.1. The Morgan fingerprint density at radius 3 is 2.61 bits per heavy atom. The van der Waals surface area contributed by atoms with E-state index >= 15 is 0 Å². The normalized spacial score (nSPS) is 10.7. The van der Waals surface area contributed by atoms with Crippen molar-refractivity contribution >= 4 is 28.1 Å². The fourth-order valence-electron chi connectivity index (χ4n) is 2.01. The highest BCUT2D eigenvalue weighted by Crippen LogP contribution is 2.24. The number of nitrogens with zero attached hydrogens (tertiary/aromatic N) is 1. The third-order valence-corrected chi connectivity index (χ3v) is 2.86.